The van der Waals surface area contributed by atoms with Crippen molar-refractivity contribution in [2.24, 2.45) is 0 Å². The molecule has 0 aliphatic heterocycles. The molecule has 0 saturated heterocycles. The highest BCUT2D eigenvalue weighted by Crippen LogP contribution is 2.38. The van der Waals surface area contributed by atoms with Gasteiger partial charge in [0.05, 0.1) is 11.4 Å². The number of nitrogens with zero attached hydrogens (tertiary/aromatic N) is 4. The number of halogens is 4. The standard InChI is InChI=1S/C28H38Br2F2N4/c1-5-9-11-13-15-23-33-27(29)25(35(23)7-3)19-17-22(32)20(18-21(19)31)26-28(30)34-24(36(26)8-4)16-14-12-10-6-2/h17-18H,5-16H2,1-4H3. The van der Waals surface area contributed by atoms with Gasteiger partial charge in [-0.15, -0.1) is 0 Å². The van der Waals surface area contributed by atoms with Crippen molar-refractivity contribution in [3.05, 3.63) is 44.6 Å². The van der Waals surface area contributed by atoms with Crippen molar-refractivity contribution in [3.63, 3.8) is 0 Å². The van der Waals surface area contributed by atoms with Gasteiger partial charge in [0.15, 0.2) is 0 Å². The fraction of sp³-hybridized carbons (Fsp3) is 0.571. The zero-order chi connectivity index (χ0) is 26.2. The Labute approximate surface area is 231 Å². The van der Waals surface area contributed by atoms with Crippen molar-refractivity contribution in [3.8, 4) is 22.5 Å². The fourth-order valence-electron chi connectivity index (χ4n) is 4.84. The van der Waals surface area contributed by atoms with Crippen LogP contribution in [-0.4, -0.2) is 19.1 Å². The highest BCUT2D eigenvalue weighted by Gasteiger charge is 2.24. The normalized spacial score (nSPS) is 11.6. The molecule has 0 aliphatic carbocycles. The molecule has 0 atom stereocenters. The van der Waals surface area contributed by atoms with Gasteiger partial charge in [-0.2, -0.15) is 0 Å². The van der Waals surface area contributed by atoms with Crippen molar-refractivity contribution in [2.45, 2.75) is 105 Å². The summed E-state index contributed by atoms with van der Waals surface area (Å²) in [5.74, 6) is 0.858. The number of aryl methyl sites for hydroxylation is 2. The van der Waals surface area contributed by atoms with Crippen LogP contribution in [0.3, 0.4) is 0 Å². The molecular formula is C28H38Br2F2N4. The fourth-order valence-corrected chi connectivity index (χ4v) is 6.10. The van der Waals surface area contributed by atoms with Crippen LogP contribution in [0.15, 0.2) is 21.3 Å². The SMILES string of the molecule is CCCCCCc1nc(Br)c(-c2cc(F)c(-c3c(Br)nc(CCCCCC)n3CC)cc2F)n1CC. The van der Waals surface area contributed by atoms with E-state index >= 15 is 8.78 Å². The lowest BCUT2D eigenvalue weighted by Crippen LogP contribution is -2.06. The number of hydrogen-bond donors (Lipinski definition) is 0. The molecule has 0 saturated carbocycles. The average Bonchev–Trinajstić information content (AvgIpc) is 3.35. The van der Waals surface area contributed by atoms with Crippen molar-refractivity contribution in [2.75, 3.05) is 0 Å². The first-order chi connectivity index (χ1) is 17.4. The largest absolute Gasteiger partial charge is 0.327 e. The van der Waals surface area contributed by atoms with E-state index in [0.717, 1.165) is 50.2 Å². The molecule has 0 aliphatic rings. The Morgan fingerprint density at radius 3 is 1.36 bits per heavy atom. The van der Waals surface area contributed by atoms with Gasteiger partial charge in [-0.25, -0.2) is 18.7 Å². The summed E-state index contributed by atoms with van der Waals surface area (Å²) < 4.78 is 36.4. The summed E-state index contributed by atoms with van der Waals surface area (Å²) in [6.45, 7) is 9.65. The van der Waals surface area contributed by atoms with Crippen LogP contribution in [0.5, 0.6) is 0 Å². The van der Waals surface area contributed by atoms with Gasteiger partial charge in [-0.3, -0.25) is 0 Å². The molecule has 0 N–H and O–H groups in total. The van der Waals surface area contributed by atoms with E-state index in [1.54, 1.807) is 0 Å². The third-order valence-electron chi connectivity index (χ3n) is 6.72. The minimum absolute atomic E-state index is 0.218. The van der Waals surface area contributed by atoms with E-state index in [9.17, 15) is 0 Å². The quantitative estimate of drug-likeness (QED) is 0.167. The van der Waals surface area contributed by atoms with E-state index in [4.69, 9.17) is 0 Å². The van der Waals surface area contributed by atoms with Crippen molar-refractivity contribution in [1.82, 2.24) is 19.1 Å². The smallest absolute Gasteiger partial charge is 0.133 e. The van der Waals surface area contributed by atoms with Gasteiger partial charge in [0.25, 0.3) is 0 Å². The van der Waals surface area contributed by atoms with E-state index in [2.05, 4.69) is 55.7 Å². The monoisotopic (exact) mass is 626 g/mol. The first-order valence-electron chi connectivity index (χ1n) is 13.4. The van der Waals surface area contributed by atoms with Crippen LogP contribution in [0.2, 0.25) is 0 Å². The number of imidazole rings is 2. The first kappa shape index (κ1) is 29.0. The topological polar surface area (TPSA) is 35.6 Å². The maximum atomic E-state index is 15.6. The van der Waals surface area contributed by atoms with Gasteiger partial charge in [0, 0.05) is 37.1 Å². The molecule has 0 unspecified atom stereocenters. The van der Waals surface area contributed by atoms with Crippen LogP contribution in [0, 0.1) is 11.6 Å². The maximum absolute atomic E-state index is 15.6. The predicted octanol–water partition coefficient (Wildman–Crippen LogP) is 9.50. The Morgan fingerprint density at radius 1 is 0.639 bits per heavy atom. The van der Waals surface area contributed by atoms with E-state index in [0.29, 0.717) is 33.7 Å². The highest BCUT2D eigenvalue weighted by atomic mass is 79.9. The van der Waals surface area contributed by atoms with E-state index < -0.39 is 11.6 Å². The summed E-state index contributed by atoms with van der Waals surface area (Å²) in [5, 5.41) is 0. The lowest BCUT2D eigenvalue weighted by molar-refractivity contribution is 0.596. The molecule has 198 valence electrons. The molecule has 3 aromatic rings. The molecular weight excluding hydrogens is 590 g/mol. The van der Waals surface area contributed by atoms with Gasteiger partial charge in [-0.05, 0) is 70.7 Å². The summed E-state index contributed by atoms with van der Waals surface area (Å²) in [4.78, 5) is 9.32. The summed E-state index contributed by atoms with van der Waals surface area (Å²) in [6, 6.07) is 2.61. The summed E-state index contributed by atoms with van der Waals surface area (Å²) in [6.07, 6.45) is 10.7. The van der Waals surface area contributed by atoms with Gasteiger partial charge in [0.1, 0.15) is 32.5 Å². The Kier molecular flexibility index (Phi) is 11.2. The van der Waals surface area contributed by atoms with Crippen LogP contribution in [0.1, 0.15) is 90.7 Å². The first-order valence-corrected chi connectivity index (χ1v) is 15.0. The van der Waals surface area contributed by atoms with Crippen LogP contribution in [0.4, 0.5) is 8.78 Å². The van der Waals surface area contributed by atoms with Gasteiger partial charge in [0.2, 0.25) is 0 Å². The Morgan fingerprint density at radius 2 is 1.03 bits per heavy atom. The molecule has 8 heteroatoms. The molecule has 0 fully saturated rings. The molecule has 0 spiro atoms. The van der Waals surface area contributed by atoms with Crippen molar-refractivity contribution < 1.29 is 8.78 Å². The molecule has 0 amide bonds. The number of aromatic nitrogens is 4. The van der Waals surface area contributed by atoms with Gasteiger partial charge in [-0.1, -0.05) is 52.4 Å². The molecule has 2 aromatic heterocycles. The molecule has 0 bridgehead atoms. The summed E-state index contributed by atoms with van der Waals surface area (Å²) >= 11 is 7.04. The minimum atomic E-state index is -0.473. The molecule has 4 nitrogen and oxygen atoms in total. The Bertz CT molecular complexity index is 1060. The van der Waals surface area contributed by atoms with Crippen LogP contribution in [0.25, 0.3) is 22.5 Å². The number of benzene rings is 1. The zero-order valence-corrected chi connectivity index (χ0v) is 25.1. The average molecular weight is 628 g/mol. The lowest BCUT2D eigenvalue weighted by Gasteiger charge is -2.14. The second-order valence-corrected chi connectivity index (χ2v) is 10.8. The Balaban J connectivity index is 1.98. The van der Waals surface area contributed by atoms with Crippen molar-refractivity contribution in [1.29, 1.82) is 0 Å². The second-order valence-electron chi connectivity index (χ2n) is 9.26. The molecule has 2 heterocycles. The molecule has 36 heavy (non-hydrogen) atoms. The maximum Gasteiger partial charge on any atom is 0.133 e. The minimum Gasteiger partial charge on any atom is -0.327 e. The van der Waals surface area contributed by atoms with Crippen LogP contribution in [-0.2, 0) is 25.9 Å². The number of unbranched alkanes of at least 4 members (excludes halogenated alkanes) is 6. The van der Waals surface area contributed by atoms with Gasteiger partial charge >= 0.3 is 0 Å². The van der Waals surface area contributed by atoms with Crippen molar-refractivity contribution >= 4 is 31.9 Å². The molecule has 0 radical (unpaired) electrons. The lowest BCUT2D eigenvalue weighted by atomic mass is 10.1. The van der Waals surface area contributed by atoms with E-state index in [-0.39, 0.29) is 11.1 Å². The molecule has 1 aromatic carbocycles. The number of rotatable bonds is 14. The summed E-state index contributed by atoms with van der Waals surface area (Å²) in [7, 11) is 0. The Hall–Kier alpha value is -1.54. The third kappa shape index (κ3) is 6.47. The van der Waals surface area contributed by atoms with E-state index in [1.807, 2.05) is 23.0 Å². The number of hydrogen-bond acceptors (Lipinski definition) is 2. The van der Waals surface area contributed by atoms with Crippen LogP contribution < -0.4 is 0 Å². The molecule has 3 rings (SSSR count). The predicted molar refractivity (Wildman–Crippen MR) is 151 cm³/mol. The van der Waals surface area contributed by atoms with E-state index in [1.165, 1.54) is 37.8 Å². The third-order valence-corrected chi connectivity index (χ3v) is 7.82. The highest BCUT2D eigenvalue weighted by molar-refractivity contribution is 9.10. The second kappa shape index (κ2) is 13.8. The summed E-state index contributed by atoms with van der Waals surface area (Å²) in [5.41, 5.74) is 1.61. The van der Waals surface area contributed by atoms with Gasteiger partial charge < -0.3 is 9.13 Å². The zero-order valence-electron chi connectivity index (χ0n) is 21.9. The van der Waals surface area contributed by atoms with Crippen LogP contribution >= 0.6 is 31.9 Å².